The fourth-order valence-electron chi connectivity index (χ4n) is 1.93. The Balaban J connectivity index is 1.75. The Morgan fingerprint density at radius 2 is 2.43 bits per heavy atom. The standard InChI is InChI=1S/C11H17NOS/c12-9-3-1-4-10(7-9)13-8-11-5-2-6-14-11/h2,5-6,9-10H,1,3-4,7-8,12H2. The summed E-state index contributed by atoms with van der Waals surface area (Å²) < 4.78 is 5.83. The van der Waals surface area contributed by atoms with Gasteiger partial charge in [-0.05, 0) is 37.1 Å². The summed E-state index contributed by atoms with van der Waals surface area (Å²) in [6.07, 6.45) is 4.99. The number of hydrogen-bond acceptors (Lipinski definition) is 3. The largest absolute Gasteiger partial charge is 0.373 e. The van der Waals surface area contributed by atoms with E-state index in [4.69, 9.17) is 10.5 Å². The molecule has 2 N–H and O–H groups in total. The lowest BCUT2D eigenvalue weighted by atomic mass is 9.94. The van der Waals surface area contributed by atoms with Gasteiger partial charge in [-0.1, -0.05) is 6.07 Å². The molecule has 2 nitrogen and oxygen atoms in total. The van der Waals surface area contributed by atoms with Crippen molar-refractivity contribution in [3.63, 3.8) is 0 Å². The zero-order valence-electron chi connectivity index (χ0n) is 8.32. The van der Waals surface area contributed by atoms with Crippen molar-refractivity contribution in [1.82, 2.24) is 0 Å². The molecule has 0 aliphatic heterocycles. The molecule has 2 rings (SSSR count). The molecule has 0 bridgehead atoms. The van der Waals surface area contributed by atoms with Gasteiger partial charge in [-0.3, -0.25) is 0 Å². The van der Waals surface area contributed by atoms with E-state index in [0.717, 1.165) is 13.0 Å². The van der Waals surface area contributed by atoms with Gasteiger partial charge >= 0.3 is 0 Å². The number of thiophene rings is 1. The van der Waals surface area contributed by atoms with Crippen LogP contribution in [-0.4, -0.2) is 12.1 Å². The third kappa shape index (κ3) is 2.80. The van der Waals surface area contributed by atoms with E-state index in [0.29, 0.717) is 12.1 Å². The van der Waals surface area contributed by atoms with Gasteiger partial charge < -0.3 is 10.5 Å². The predicted molar refractivity (Wildman–Crippen MR) is 59.3 cm³/mol. The Hall–Kier alpha value is -0.380. The summed E-state index contributed by atoms with van der Waals surface area (Å²) in [7, 11) is 0. The fourth-order valence-corrected chi connectivity index (χ4v) is 2.55. The van der Waals surface area contributed by atoms with Crippen LogP contribution < -0.4 is 5.73 Å². The SMILES string of the molecule is NC1CCCC(OCc2cccs2)C1. The van der Waals surface area contributed by atoms with Crippen molar-refractivity contribution < 1.29 is 4.74 Å². The number of rotatable bonds is 3. The third-order valence-electron chi connectivity index (χ3n) is 2.71. The molecule has 0 radical (unpaired) electrons. The van der Waals surface area contributed by atoms with E-state index < -0.39 is 0 Å². The minimum Gasteiger partial charge on any atom is -0.373 e. The van der Waals surface area contributed by atoms with Crippen molar-refractivity contribution in [1.29, 1.82) is 0 Å². The van der Waals surface area contributed by atoms with Crippen LogP contribution in [0.3, 0.4) is 0 Å². The fraction of sp³-hybridized carbons (Fsp3) is 0.636. The molecule has 1 aliphatic carbocycles. The van der Waals surface area contributed by atoms with E-state index >= 15 is 0 Å². The van der Waals surface area contributed by atoms with Crippen LogP contribution in [0.5, 0.6) is 0 Å². The van der Waals surface area contributed by atoms with E-state index in [1.807, 2.05) is 0 Å². The normalized spacial score (nSPS) is 27.8. The van der Waals surface area contributed by atoms with Crippen molar-refractivity contribution in [2.24, 2.45) is 5.73 Å². The average Bonchev–Trinajstić information content (AvgIpc) is 2.67. The van der Waals surface area contributed by atoms with Crippen LogP contribution in [0.2, 0.25) is 0 Å². The highest BCUT2D eigenvalue weighted by Crippen LogP contribution is 2.21. The van der Waals surface area contributed by atoms with E-state index in [-0.39, 0.29) is 0 Å². The summed E-state index contributed by atoms with van der Waals surface area (Å²) in [6.45, 7) is 0.759. The molecule has 14 heavy (non-hydrogen) atoms. The summed E-state index contributed by atoms with van der Waals surface area (Å²) in [4.78, 5) is 1.31. The molecule has 2 unspecified atom stereocenters. The van der Waals surface area contributed by atoms with Gasteiger partial charge in [0.1, 0.15) is 0 Å². The van der Waals surface area contributed by atoms with E-state index in [1.165, 1.54) is 24.1 Å². The molecule has 78 valence electrons. The summed E-state index contributed by atoms with van der Waals surface area (Å²) in [5.41, 5.74) is 5.90. The molecule has 1 aliphatic rings. The van der Waals surface area contributed by atoms with E-state index in [2.05, 4.69) is 17.5 Å². The van der Waals surface area contributed by atoms with Crippen LogP contribution in [0.4, 0.5) is 0 Å². The summed E-state index contributed by atoms with van der Waals surface area (Å²) in [6, 6.07) is 4.54. The van der Waals surface area contributed by atoms with E-state index in [1.54, 1.807) is 11.3 Å². The predicted octanol–water partition coefficient (Wildman–Crippen LogP) is 2.53. The van der Waals surface area contributed by atoms with Gasteiger partial charge in [-0.25, -0.2) is 0 Å². The Morgan fingerprint density at radius 1 is 1.50 bits per heavy atom. The molecule has 0 saturated heterocycles. The smallest absolute Gasteiger partial charge is 0.0813 e. The van der Waals surface area contributed by atoms with Gasteiger partial charge in [0, 0.05) is 10.9 Å². The number of hydrogen-bond donors (Lipinski definition) is 1. The molecule has 1 heterocycles. The first-order valence-corrected chi connectivity index (χ1v) is 6.12. The maximum Gasteiger partial charge on any atom is 0.0813 e. The Kier molecular flexibility index (Phi) is 3.56. The molecule has 1 aromatic heterocycles. The molecular formula is C11H17NOS. The van der Waals surface area contributed by atoms with Crippen molar-refractivity contribution in [2.75, 3.05) is 0 Å². The molecule has 0 amide bonds. The highest BCUT2D eigenvalue weighted by atomic mass is 32.1. The van der Waals surface area contributed by atoms with Crippen LogP contribution in [0, 0.1) is 0 Å². The van der Waals surface area contributed by atoms with Crippen LogP contribution in [0.15, 0.2) is 17.5 Å². The topological polar surface area (TPSA) is 35.2 Å². The molecule has 1 fully saturated rings. The zero-order valence-corrected chi connectivity index (χ0v) is 9.13. The van der Waals surface area contributed by atoms with Gasteiger partial charge in [0.05, 0.1) is 12.7 Å². The lowest BCUT2D eigenvalue weighted by molar-refractivity contribution is 0.0136. The highest BCUT2D eigenvalue weighted by molar-refractivity contribution is 7.09. The summed E-state index contributed by atoms with van der Waals surface area (Å²) in [5.74, 6) is 0. The molecule has 1 saturated carbocycles. The van der Waals surface area contributed by atoms with Gasteiger partial charge in [0.15, 0.2) is 0 Å². The maximum absolute atomic E-state index is 5.90. The first-order valence-electron chi connectivity index (χ1n) is 5.24. The monoisotopic (exact) mass is 211 g/mol. The lowest BCUT2D eigenvalue weighted by Gasteiger charge is -2.26. The zero-order chi connectivity index (χ0) is 9.80. The third-order valence-corrected chi connectivity index (χ3v) is 3.56. The van der Waals surface area contributed by atoms with Crippen LogP contribution >= 0.6 is 11.3 Å². The molecule has 1 aromatic rings. The summed E-state index contributed by atoms with van der Waals surface area (Å²) >= 11 is 1.76. The second-order valence-electron chi connectivity index (χ2n) is 3.94. The Morgan fingerprint density at radius 3 is 3.14 bits per heavy atom. The Bertz CT molecular complexity index is 260. The first kappa shape index (κ1) is 10.1. The molecule has 3 heteroatoms. The van der Waals surface area contributed by atoms with Crippen molar-refractivity contribution in [3.05, 3.63) is 22.4 Å². The van der Waals surface area contributed by atoms with Crippen molar-refractivity contribution in [3.8, 4) is 0 Å². The lowest BCUT2D eigenvalue weighted by Crippen LogP contribution is -2.32. The average molecular weight is 211 g/mol. The molecule has 0 spiro atoms. The molecule has 0 aromatic carbocycles. The first-order chi connectivity index (χ1) is 6.84. The molecular weight excluding hydrogens is 194 g/mol. The van der Waals surface area contributed by atoms with Gasteiger partial charge in [0.2, 0.25) is 0 Å². The van der Waals surface area contributed by atoms with Crippen molar-refractivity contribution in [2.45, 2.75) is 44.4 Å². The minimum absolute atomic E-state index is 0.358. The van der Waals surface area contributed by atoms with Gasteiger partial charge in [0.25, 0.3) is 0 Å². The quantitative estimate of drug-likeness (QED) is 0.834. The molecule has 2 atom stereocenters. The summed E-state index contributed by atoms with van der Waals surface area (Å²) in [5, 5.41) is 2.09. The Labute approximate surface area is 89.1 Å². The van der Waals surface area contributed by atoms with Crippen LogP contribution in [0.25, 0.3) is 0 Å². The number of ether oxygens (including phenoxy) is 1. The second-order valence-corrected chi connectivity index (χ2v) is 4.97. The second kappa shape index (κ2) is 4.91. The minimum atomic E-state index is 0.358. The number of nitrogens with two attached hydrogens (primary N) is 1. The van der Waals surface area contributed by atoms with Gasteiger partial charge in [-0.2, -0.15) is 0 Å². The van der Waals surface area contributed by atoms with Gasteiger partial charge in [-0.15, -0.1) is 11.3 Å². The highest BCUT2D eigenvalue weighted by Gasteiger charge is 2.19. The van der Waals surface area contributed by atoms with E-state index in [9.17, 15) is 0 Å². The van der Waals surface area contributed by atoms with Crippen LogP contribution in [-0.2, 0) is 11.3 Å². The van der Waals surface area contributed by atoms with Crippen molar-refractivity contribution >= 4 is 11.3 Å². The maximum atomic E-state index is 5.90. The van der Waals surface area contributed by atoms with Crippen LogP contribution in [0.1, 0.15) is 30.6 Å².